The monoisotopic (exact) mass is 410 g/mol. The van der Waals surface area contributed by atoms with Gasteiger partial charge in [0.2, 0.25) is 5.91 Å². The zero-order chi connectivity index (χ0) is 21.2. The second-order valence-corrected chi connectivity index (χ2v) is 7.67. The number of hydrogen-bond donors (Lipinski definition) is 1. The summed E-state index contributed by atoms with van der Waals surface area (Å²) < 4.78 is 2.04. The third-order valence-corrected chi connectivity index (χ3v) is 5.58. The molecule has 0 spiro atoms. The van der Waals surface area contributed by atoms with E-state index in [1.807, 2.05) is 70.1 Å². The van der Waals surface area contributed by atoms with Crippen molar-refractivity contribution in [1.82, 2.24) is 14.5 Å². The number of nitrogens with zero attached hydrogens (tertiary/aromatic N) is 3. The Morgan fingerprint density at radius 3 is 2.39 bits per heavy atom. The zero-order valence-corrected chi connectivity index (χ0v) is 17.0. The maximum absolute atomic E-state index is 13.1. The van der Waals surface area contributed by atoms with Gasteiger partial charge in [0.15, 0.2) is 5.43 Å². The highest BCUT2D eigenvalue weighted by atomic mass is 16.2. The summed E-state index contributed by atoms with van der Waals surface area (Å²) in [5.41, 5.74) is 3.32. The molecule has 4 aromatic rings. The van der Waals surface area contributed by atoms with E-state index in [9.17, 15) is 9.59 Å². The van der Waals surface area contributed by atoms with Gasteiger partial charge >= 0.3 is 0 Å². The van der Waals surface area contributed by atoms with Crippen molar-refractivity contribution in [2.24, 2.45) is 0 Å². The third kappa shape index (κ3) is 3.68. The number of nitrogens with one attached hydrogen (secondary N) is 1. The highest BCUT2D eigenvalue weighted by Gasteiger charge is 2.23. The van der Waals surface area contributed by atoms with Gasteiger partial charge in [0, 0.05) is 54.9 Å². The Morgan fingerprint density at radius 2 is 1.68 bits per heavy atom. The quantitative estimate of drug-likeness (QED) is 0.534. The summed E-state index contributed by atoms with van der Waals surface area (Å²) in [6.07, 6.45) is 4.81. The second kappa shape index (κ2) is 8.07. The van der Waals surface area contributed by atoms with Gasteiger partial charge in [0.25, 0.3) is 0 Å². The van der Waals surface area contributed by atoms with Crippen LogP contribution in [-0.2, 0) is 11.3 Å². The SMILES string of the molecule is O=C1CCCN1Cc1cncc2c(=O)cc(Nc3ccccc3)n(-c3ccccc3)c12. The minimum absolute atomic E-state index is 0.109. The predicted molar refractivity (Wildman–Crippen MR) is 122 cm³/mol. The summed E-state index contributed by atoms with van der Waals surface area (Å²) in [4.78, 5) is 31.5. The number of hydrogen-bond acceptors (Lipinski definition) is 4. The number of fused-ring (bicyclic) bond motifs is 1. The van der Waals surface area contributed by atoms with Crippen molar-refractivity contribution in [1.29, 1.82) is 0 Å². The zero-order valence-electron chi connectivity index (χ0n) is 17.0. The summed E-state index contributed by atoms with van der Waals surface area (Å²) in [6, 6.07) is 21.3. The van der Waals surface area contributed by atoms with Crippen LogP contribution in [0.4, 0.5) is 11.5 Å². The number of aromatic nitrogens is 2. The van der Waals surface area contributed by atoms with E-state index in [1.54, 1.807) is 18.5 Å². The third-order valence-electron chi connectivity index (χ3n) is 5.58. The molecule has 1 aliphatic rings. The first-order valence-corrected chi connectivity index (χ1v) is 10.4. The van der Waals surface area contributed by atoms with E-state index < -0.39 is 0 Å². The van der Waals surface area contributed by atoms with E-state index in [0.29, 0.717) is 24.2 Å². The Kier molecular flexibility index (Phi) is 4.96. The molecule has 1 N–H and O–H groups in total. The summed E-state index contributed by atoms with van der Waals surface area (Å²) in [5.74, 6) is 0.805. The van der Waals surface area contributed by atoms with Crippen molar-refractivity contribution >= 4 is 28.3 Å². The van der Waals surface area contributed by atoms with E-state index in [2.05, 4.69) is 10.3 Å². The first-order chi connectivity index (χ1) is 15.2. The van der Waals surface area contributed by atoms with Gasteiger partial charge in [-0.3, -0.25) is 19.1 Å². The topological polar surface area (TPSA) is 67.2 Å². The van der Waals surface area contributed by atoms with Gasteiger partial charge in [0.1, 0.15) is 5.82 Å². The maximum atomic E-state index is 13.1. The molecule has 0 bridgehead atoms. The van der Waals surface area contributed by atoms with Gasteiger partial charge in [-0.15, -0.1) is 0 Å². The normalized spacial score (nSPS) is 13.7. The molecule has 0 saturated carbocycles. The molecule has 2 aromatic carbocycles. The minimum Gasteiger partial charge on any atom is -0.341 e. The lowest BCUT2D eigenvalue weighted by molar-refractivity contribution is -0.128. The number of para-hydroxylation sites is 2. The lowest BCUT2D eigenvalue weighted by atomic mass is 10.1. The van der Waals surface area contributed by atoms with Gasteiger partial charge in [-0.05, 0) is 30.7 Å². The lowest BCUT2D eigenvalue weighted by Crippen LogP contribution is -2.25. The van der Waals surface area contributed by atoms with E-state index in [1.165, 1.54) is 0 Å². The number of pyridine rings is 2. The molecule has 0 radical (unpaired) electrons. The molecule has 5 rings (SSSR count). The van der Waals surface area contributed by atoms with Gasteiger partial charge in [-0.1, -0.05) is 36.4 Å². The molecule has 1 saturated heterocycles. The van der Waals surface area contributed by atoms with Gasteiger partial charge < -0.3 is 10.2 Å². The van der Waals surface area contributed by atoms with Crippen molar-refractivity contribution in [2.45, 2.75) is 19.4 Å². The highest BCUT2D eigenvalue weighted by Crippen LogP contribution is 2.28. The molecule has 1 amide bonds. The second-order valence-electron chi connectivity index (χ2n) is 7.67. The van der Waals surface area contributed by atoms with Crippen LogP contribution < -0.4 is 10.7 Å². The molecule has 3 heterocycles. The van der Waals surface area contributed by atoms with Crippen LogP contribution in [0.25, 0.3) is 16.6 Å². The fraction of sp³-hybridized carbons (Fsp3) is 0.160. The number of rotatable bonds is 5. The Labute approximate surface area is 179 Å². The van der Waals surface area contributed by atoms with Crippen molar-refractivity contribution in [3.05, 3.63) is 94.9 Å². The first-order valence-electron chi connectivity index (χ1n) is 10.4. The van der Waals surface area contributed by atoms with E-state index >= 15 is 0 Å². The van der Waals surface area contributed by atoms with Crippen molar-refractivity contribution < 1.29 is 4.79 Å². The first kappa shape index (κ1) is 19.1. The average Bonchev–Trinajstić information content (AvgIpc) is 3.20. The van der Waals surface area contributed by atoms with Crippen molar-refractivity contribution in [3.8, 4) is 5.69 Å². The van der Waals surface area contributed by atoms with Crippen LogP contribution in [0.5, 0.6) is 0 Å². The number of carbonyl (C=O) groups excluding carboxylic acids is 1. The van der Waals surface area contributed by atoms with Gasteiger partial charge in [-0.2, -0.15) is 0 Å². The largest absolute Gasteiger partial charge is 0.341 e. The molecule has 31 heavy (non-hydrogen) atoms. The molecule has 2 aromatic heterocycles. The molecule has 6 heteroatoms. The fourth-order valence-corrected chi connectivity index (χ4v) is 4.13. The number of likely N-dealkylation sites (tertiary alicyclic amines) is 1. The summed E-state index contributed by atoms with van der Waals surface area (Å²) in [6.45, 7) is 1.16. The molecular weight excluding hydrogens is 388 g/mol. The van der Waals surface area contributed by atoms with Crippen LogP contribution in [0.1, 0.15) is 18.4 Å². The fourth-order valence-electron chi connectivity index (χ4n) is 4.13. The van der Waals surface area contributed by atoms with Crippen molar-refractivity contribution in [2.75, 3.05) is 11.9 Å². The molecule has 1 fully saturated rings. The Balaban J connectivity index is 1.75. The molecule has 0 aliphatic carbocycles. The smallest absolute Gasteiger partial charge is 0.222 e. The van der Waals surface area contributed by atoms with Crippen LogP contribution in [-0.4, -0.2) is 26.9 Å². The lowest BCUT2D eigenvalue weighted by Gasteiger charge is -2.22. The van der Waals surface area contributed by atoms with Gasteiger partial charge in [-0.25, -0.2) is 0 Å². The average molecular weight is 410 g/mol. The minimum atomic E-state index is -0.109. The van der Waals surface area contributed by atoms with Crippen LogP contribution in [0.3, 0.4) is 0 Å². The van der Waals surface area contributed by atoms with Crippen molar-refractivity contribution in [3.63, 3.8) is 0 Å². The number of benzene rings is 2. The maximum Gasteiger partial charge on any atom is 0.222 e. The molecule has 0 atom stereocenters. The molecular formula is C25H22N4O2. The summed E-state index contributed by atoms with van der Waals surface area (Å²) >= 11 is 0. The van der Waals surface area contributed by atoms with E-state index in [4.69, 9.17) is 0 Å². The van der Waals surface area contributed by atoms with E-state index in [-0.39, 0.29) is 11.3 Å². The predicted octanol–water partition coefficient (Wildman–Crippen LogP) is 4.25. The molecule has 0 unspecified atom stereocenters. The summed E-state index contributed by atoms with van der Waals surface area (Å²) in [5, 5.41) is 3.93. The Morgan fingerprint density at radius 1 is 0.935 bits per heavy atom. The standard InChI is InChI=1S/C25H22N4O2/c30-22-14-23(27-19-8-3-1-4-9-19)29(20-10-5-2-6-11-20)25-18(15-26-16-21(22)25)17-28-13-7-12-24(28)31/h1-6,8-11,14-16,27H,7,12-13,17H2. The Hall–Kier alpha value is -3.93. The number of amides is 1. The van der Waals surface area contributed by atoms with Crippen LogP contribution in [0, 0.1) is 0 Å². The van der Waals surface area contributed by atoms with Crippen LogP contribution in [0.2, 0.25) is 0 Å². The molecule has 154 valence electrons. The van der Waals surface area contributed by atoms with Gasteiger partial charge in [0.05, 0.1) is 10.9 Å². The van der Waals surface area contributed by atoms with E-state index in [0.717, 1.165) is 35.4 Å². The van der Waals surface area contributed by atoms with Crippen LogP contribution in [0.15, 0.2) is 83.9 Å². The Bertz CT molecular complexity index is 1300. The van der Waals surface area contributed by atoms with Crippen LogP contribution >= 0.6 is 0 Å². The summed E-state index contributed by atoms with van der Waals surface area (Å²) in [7, 11) is 0. The highest BCUT2D eigenvalue weighted by molar-refractivity contribution is 5.87. The number of carbonyl (C=O) groups is 1. The molecule has 1 aliphatic heterocycles. The molecule has 6 nitrogen and oxygen atoms in total. The number of anilines is 2.